The molecule has 2 rings (SSSR count). The van der Waals surface area contributed by atoms with Crippen molar-refractivity contribution in [2.45, 2.75) is 45.5 Å². The Morgan fingerprint density at radius 2 is 2.06 bits per heavy atom. The Hall–Kier alpha value is -0.210. The molecule has 2 atom stereocenters. The second kappa shape index (κ2) is 5.83. The summed E-state index contributed by atoms with van der Waals surface area (Å²) in [7, 11) is 0. The highest BCUT2D eigenvalue weighted by molar-refractivity contribution is 8.10. The number of hydrogen-bond donors (Lipinski definition) is 0. The van der Waals surface area contributed by atoms with Gasteiger partial charge in [0.1, 0.15) is 6.42 Å². The van der Waals surface area contributed by atoms with Gasteiger partial charge in [-0.2, -0.15) is 0 Å². The Morgan fingerprint density at radius 3 is 2.67 bits per heavy atom. The van der Waals surface area contributed by atoms with E-state index in [-0.39, 0.29) is 0 Å². The lowest BCUT2D eigenvalue weighted by molar-refractivity contribution is 0.151. The van der Waals surface area contributed by atoms with E-state index in [1.54, 1.807) is 0 Å². The van der Waals surface area contributed by atoms with Gasteiger partial charge in [-0.3, -0.25) is 4.67 Å². The van der Waals surface area contributed by atoms with Crippen molar-refractivity contribution in [2.24, 2.45) is 0 Å². The number of nitrogens with zero attached hydrogens (tertiary/aromatic N) is 1. The number of benzene rings is 1. The summed E-state index contributed by atoms with van der Waals surface area (Å²) in [5.41, 5.74) is 1.29. The molecule has 100 valence electrons. The number of rotatable bonds is 3. The summed E-state index contributed by atoms with van der Waals surface area (Å²) in [6.45, 7) is 7.64. The minimum Gasteiger partial charge on any atom is -0.334 e. The van der Waals surface area contributed by atoms with Crippen molar-refractivity contribution in [1.82, 2.24) is 4.67 Å². The maximum absolute atomic E-state index is 6.20. The molecule has 1 aliphatic heterocycles. The van der Waals surface area contributed by atoms with E-state index < -0.39 is 6.42 Å². The Morgan fingerprint density at radius 1 is 1.39 bits per heavy atom. The van der Waals surface area contributed by atoms with Crippen LogP contribution in [-0.4, -0.2) is 23.4 Å². The third-order valence-electron chi connectivity index (χ3n) is 3.32. The molecular weight excluding hydrogens is 261 g/mol. The van der Waals surface area contributed by atoms with Crippen molar-refractivity contribution in [3.63, 3.8) is 0 Å². The zero-order chi connectivity index (χ0) is 13.2. The topological polar surface area (TPSA) is 12.5 Å². The smallest absolute Gasteiger partial charge is 0.136 e. The standard InChI is InChI=1S/C14H22NOPS/c1-12(2)15-10-9-13(3)16-17(15,18)11-14-7-5-4-6-8-14/h4-8,12-13H,9-11H2,1-3H3/t13-,17-/m0/s1. The first-order valence-corrected chi connectivity index (χ1v) is 9.45. The molecule has 0 saturated carbocycles. The van der Waals surface area contributed by atoms with Crippen LogP contribution in [0.2, 0.25) is 0 Å². The van der Waals surface area contributed by atoms with Crippen molar-refractivity contribution in [1.29, 1.82) is 0 Å². The van der Waals surface area contributed by atoms with Crippen LogP contribution in [0.4, 0.5) is 0 Å². The molecule has 2 nitrogen and oxygen atoms in total. The van der Waals surface area contributed by atoms with E-state index in [1.807, 2.05) is 6.07 Å². The first kappa shape index (κ1) is 14.2. The third kappa shape index (κ3) is 3.21. The van der Waals surface area contributed by atoms with Crippen molar-refractivity contribution in [2.75, 3.05) is 6.54 Å². The van der Waals surface area contributed by atoms with E-state index in [4.69, 9.17) is 16.3 Å². The Kier molecular flexibility index (Phi) is 4.60. The minimum absolute atomic E-state index is 0.301. The lowest BCUT2D eigenvalue weighted by atomic mass is 10.2. The van der Waals surface area contributed by atoms with Crippen LogP contribution in [-0.2, 0) is 22.5 Å². The number of hydrogen-bond acceptors (Lipinski definition) is 2. The molecule has 1 aromatic rings. The molecule has 0 amide bonds. The quantitative estimate of drug-likeness (QED) is 0.778. The molecule has 18 heavy (non-hydrogen) atoms. The molecule has 0 unspecified atom stereocenters. The van der Waals surface area contributed by atoms with Gasteiger partial charge in [0.15, 0.2) is 0 Å². The summed E-state index contributed by atoms with van der Waals surface area (Å²) in [5.74, 6) is 0. The molecule has 0 bridgehead atoms. The van der Waals surface area contributed by atoms with Crippen molar-refractivity contribution in [3.05, 3.63) is 35.9 Å². The van der Waals surface area contributed by atoms with Gasteiger partial charge >= 0.3 is 0 Å². The van der Waals surface area contributed by atoms with E-state index in [1.165, 1.54) is 5.56 Å². The largest absolute Gasteiger partial charge is 0.334 e. The molecular formula is C14H22NOPS. The summed E-state index contributed by atoms with van der Waals surface area (Å²) in [4.78, 5) is 0. The molecule has 1 heterocycles. The Labute approximate surface area is 115 Å². The zero-order valence-electron chi connectivity index (χ0n) is 11.4. The third-order valence-corrected chi connectivity index (χ3v) is 7.50. The predicted octanol–water partition coefficient (Wildman–Crippen LogP) is 4.02. The fourth-order valence-electron chi connectivity index (χ4n) is 2.41. The van der Waals surface area contributed by atoms with Crippen LogP contribution < -0.4 is 0 Å². The highest BCUT2D eigenvalue weighted by Gasteiger charge is 2.34. The van der Waals surface area contributed by atoms with E-state index in [9.17, 15) is 0 Å². The minimum atomic E-state index is -1.89. The van der Waals surface area contributed by atoms with E-state index in [0.717, 1.165) is 19.1 Å². The molecule has 0 radical (unpaired) electrons. The summed E-state index contributed by atoms with van der Waals surface area (Å²) >= 11 is 5.93. The van der Waals surface area contributed by atoms with Crippen molar-refractivity contribution < 1.29 is 4.52 Å². The van der Waals surface area contributed by atoms with Crippen molar-refractivity contribution >= 4 is 18.2 Å². The summed E-state index contributed by atoms with van der Waals surface area (Å²) < 4.78 is 8.62. The van der Waals surface area contributed by atoms with Gasteiger partial charge in [-0.25, -0.2) is 0 Å². The van der Waals surface area contributed by atoms with Crippen LogP contribution in [0, 0.1) is 0 Å². The highest BCUT2D eigenvalue weighted by atomic mass is 32.4. The molecule has 0 aliphatic carbocycles. The van der Waals surface area contributed by atoms with Gasteiger partial charge in [0, 0.05) is 18.7 Å². The fourth-order valence-corrected chi connectivity index (χ4v) is 6.95. The summed E-state index contributed by atoms with van der Waals surface area (Å²) in [6, 6.07) is 11.0. The van der Waals surface area contributed by atoms with Gasteiger partial charge in [-0.05, 0) is 44.6 Å². The van der Waals surface area contributed by atoms with E-state index in [0.29, 0.717) is 12.1 Å². The van der Waals surface area contributed by atoms with E-state index in [2.05, 4.69) is 49.7 Å². The van der Waals surface area contributed by atoms with Gasteiger partial charge in [-0.15, -0.1) is 0 Å². The Bertz CT molecular complexity index is 435. The normalized spacial score (nSPS) is 29.7. The maximum atomic E-state index is 6.20. The van der Waals surface area contributed by atoms with Crippen LogP contribution in [0.25, 0.3) is 0 Å². The summed E-state index contributed by atoms with van der Waals surface area (Å²) in [6.07, 6.45) is 0.379. The van der Waals surface area contributed by atoms with Gasteiger partial charge in [0.05, 0.1) is 6.10 Å². The fraction of sp³-hybridized carbons (Fsp3) is 0.571. The van der Waals surface area contributed by atoms with Crippen LogP contribution in [0.5, 0.6) is 0 Å². The molecule has 4 heteroatoms. The molecule has 0 N–H and O–H groups in total. The Balaban J connectivity index is 2.22. The van der Waals surface area contributed by atoms with E-state index >= 15 is 0 Å². The van der Waals surface area contributed by atoms with Gasteiger partial charge < -0.3 is 4.52 Å². The van der Waals surface area contributed by atoms with Crippen LogP contribution >= 0.6 is 6.42 Å². The first-order valence-electron chi connectivity index (χ1n) is 6.60. The van der Waals surface area contributed by atoms with Gasteiger partial charge in [-0.1, -0.05) is 30.3 Å². The lowest BCUT2D eigenvalue weighted by Gasteiger charge is -2.43. The van der Waals surface area contributed by atoms with Gasteiger partial charge in [0.25, 0.3) is 0 Å². The molecule has 1 aromatic carbocycles. The SMILES string of the molecule is CC(C)N1CC[C@H](C)O[P@]1(=S)Cc1ccccc1. The molecule has 1 saturated heterocycles. The average molecular weight is 283 g/mol. The van der Waals surface area contributed by atoms with Crippen LogP contribution in [0.1, 0.15) is 32.8 Å². The second-order valence-corrected chi connectivity index (χ2v) is 9.27. The molecule has 1 aliphatic rings. The molecule has 0 spiro atoms. The highest BCUT2D eigenvalue weighted by Crippen LogP contribution is 2.58. The lowest BCUT2D eigenvalue weighted by Crippen LogP contribution is -2.37. The van der Waals surface area contributed by atoms with Crippen LogP contribution in [0.3, 0.4) is 0 Å². The van der Waals surface area contributed by atoms with Gasteiger partial charge in [0.2, 0.25) is 0 Å². The average Bonchev–Trinajstić information content (AvgIpc) is 2.28. The second-order valence-electron chi connectivity index (χ2n) is 5.24. The van der Waals surface area contributed by atoms with Crippen LogP contribution in [0.15, 0.2) is 30.3 Å². The zero-order valence-corrected chi connectivity index (χ0v) is 13.1. The monoisotopic (exact) mass is 283 g/mol. The molecule has 0 aromatic heterocycles. The summed E-state index contributed by atoms with van der Waals surface area (Å²) in [5, 5.41) is 0. The maximum Gasteiger partial charge on any atom is 0.136 e. The van der Waals surface area contributed by atoms with Crippen molar-refractivity contribution in [3.8, 4) is 0 Å². The predicted molar refractivity (Wildman–Crippen MR) is 81.4 cm³/mol. The molecule has 1 fully saturated rings. The first-order chi connectivity index (χ1) is 8.51.